The maximum absolute atomic E-state index is 12.3. The molecule has 0 bridgehead atoms. The zero-order chi connectivity index (χ0) is 41.2. The van der Waals surface area contributed by atoms with Gasteiger partial charge in [0.1, 0.15) is 5.52 Å². The Labute approximate surface area is 320 Å². The summed E-state index contributed by atoms with van der Waals surface area (Å²) in [5.41, 5.74) is 10.2. The fraction of sp³-hybridized carbons (Fsp3) is 0.275. The van der Waals surface area contributed by atoms with Gasteiger partial charge in [-0.1, -0.05) is 25.3 Å². The van der Waals surface area contributed by atoms with E-state index >= 15 is 0 Å². The lowest BCUT2D eigenvalue weighted by Crippen LogP contribution is -2.36. The van der Waals surface area contributed by atoms with E-state index in [9.17, 15) is 39.0 Å². The third-order valence-electron chi connectivity index (χ3n) is 10.1. The van der Waals surface area contributed by atoms with E-state index in [2.05, 4.69) is 43.7 Å². The number of hydrogen-bond acceptors (Lipinski definition) is 7. The van der Waals surface area contributed by atoms with Gasteiger partial charge in [-0.15, -0.1) is 0 Å². The molecule has 0 fully saturated rings. The van der Waals surface area contributed by atoms with Crippen LogP contribution in [0.3, 0.4) is 0 Å². The topological polar surface area (TPSA) is 237 Å². The second-order valence-corrected chi connectivity index (χ2v) is 13.5. The Morgan fingerprint density at radius 1 is 0.750 bits per heavy atom. The van der Waals surface area contributed by atoms with Crippen molar-refractivity contribution in [3.8, 4) is 0 Å². The van der Waals surface area contributed by atoms with E-state index in [0.717, 1.165) is 55.2 Å². The number of H-pyrrole nitrogens is 3. The van der Waals surface area contributed by atoms with Gasteiger partial charge >= 0.3 is 17.6 Å². The summed E-state index contributed by atoms with van der Waals surface area (Å²) in [7, 11) is 3.01. The zero-order valence-corrected chi connectivity index (χ0v) is 32.0. The Morgan fingerprint density at radius 3 is 1.77 bits per heavy atom. The largest absolute Gasteiger partial charge is 0.481 e. The average Bonchev–Trinajstić information content (AvgIpc) is 3.94. The quantitative estimate of drug-likeness (QED) is 0.112. The smallest absolute Gasteiger partial charge is 0.332 e. The Balaban J connectivity index is 0.000000386. The fourth-order valence-electron chi connectivity index (χ4n) is 6.88. The van der Waals surface area contributed by atoms with Gasteiger partial charge in [-0.2, -0.15) is 0 Å². The van der Waals surface area contributed by atoms with Gasteiger partial charge in [0.25, 0.3) is 17.4 Å². The lowest BCUT2D eigenvalue weighted by molar-refractivity contribution is -0.138. The maximum atomic E-state index is 12.3. The number of allylic oxidation sites excluding steroid dienone is 2. The molecule has 2 aliphatic rings. The molecule has 0 unspecified atom stereocenters. The molecule has 0 aromatic carbocycles. The first kappa shape index (κ1) is 40.2. The van der Waals surface area contributed by atoms with Crippen molar-refractivity contribution in [2.75, 3.05) is 0 Å². The zero-order valence-electron chi connectivity index (χ0n) is 32.0. The Bertz CT molecular complexity index is 2600. The van der Waals surface area contributed by atoms with Crippen LogP contribution in [0.25, 0.3) is 23.3 Å². The summed E-state index contributed by atoms with van der Waals surface area (Å²) in [4.78, 5) is 83.9. The molecule has 56 heavy (non-hydrogen) atoms. The number of nitrogens with one attached hydrogen (secondary N) is 5. The minimum atomic E-state index is -0.922. The van der Waals surface area contributed by atoms with E-state index < -0.39 is 11.9 Å². The van der Waals surface area contributed by atoms with Crippen LogP contribution in [0.1, 0.15) is 71.7 Å². The van der Waals surface area contributed by atoms with E-state index in [0.29, 0.717) is 45.7 Å². The average molecular weight is 765 g/mol. The number of fused-ring (bicyclic) bond motifs is 1. The van der Waals surface area contributed by atoms with Crippen LogP contribution < -0.4 is 21.9 Å². The molecule has 4 aromatic rings. The van der Waals surface area contributed by atoms with Crippen LogP contribution in [0.5, 0.6) is 0 Å². The van der Waals surface area contributed by atoms with Gasteiger partial charge in [-0.25, -0.2) is 9.78 Å². The van der Waals surface area contributed by atoms with E-state index in [4.69, 9.17) is 0 Å². The number of carbonyl (C=O) groups is 4. The van der Waals surface area contributed by atoms with Gasteiger partial charge in [0.15, 0.2) is 5.65 Å². The molecule has 16 heteroatoms. The number of carbonyl (C=O) groups excluding carboxylic acids is 2. The first-order chi connectivity index (χ1) is 26.5. The van der Waals surface area contributed by atoms with Crippen LogP contribution in [-0.4, -0.2) is 63.0 Å². The van der Waals surface area contributed by atoms with Crippen molar-refractivity contribution in [2.45, 2.75) is 59.8 Å². The van der Waals surface area contributed by atoms with Crippen LogP contribution in [-0.2, 0) is 52.5 Å². The van der Waals surface area contributed by atoms with Crippen LogP contribution in [0.15, 0.2) is 74.9 Å². The number of imidazole rings is 1. The Hall–Kier alpha value is -6.97. The number of carboxylic acid groups (broad SMARTS) is 2. The minimum Gasteiger partial charge on any atom is -0.481 e. The fourth-order valence-corrected chi connectivity index (χ4v) is 6.88. The highest BCUT2D eigenvalue weighted by Gasteiger charge is 2.25. The molecule has 2 amide bonds. The summed E-state index contributed by atoms with van der Waals surface area (Å²) in [5, 5.41) is 24.6. The lowest BCUT2D eigenvalue weighted by Gasteiger charge is -2.07. The number of aromatic amines is 3. The van der Waals surface area contributed by atoms with Crippen LogP contribution in [0.4, 0.5) is 0 Å². The molecular weight excluding hydrogens is 720 g/mol. The van der Waals surface area contributed by atoms with Crippen molar-refractivity contribution in [2.24, 2.45) is 14.1 Å². The molecule has 7 N–H and O–H groups in total. The standard InChI is InChI=1S/C33H36N4O6.C7H8N4O2/c1-7-20-19(6)32(42)37-27(20)14-25-18(5)23(10-12-31(40)41)29(35-25)15-28-22(9-11-30(38)39)17(4)24(34-28)13-26-16(3)21(8-2)33(43)36-26;1-10-5-4(8-3-9-5)6(12)11(2)7(10)13/h7-8,13-14,34-35H,1-2,9-12,15H2,3-6H3,(H,36,43)(H,37,42)(H,38,39)(H,40,41);3H,1-2H3,(H,8,9)/b26-13-,27-14-;. The molecule has 0 saturated carbocycles. The molecule has 0 saturated heterocycles. The highest BCUT2D eigenvalue weighted by molar-refractivity contribution is 6.03. The summed E-state index contributed by atoms with van der Waals surface area (Å²) in [6.07, 6.45) is 8.98. The third-order valence-corrected chi connectivity index (χ3v) is 10.1. The highest BCUT2D eigenvalue weighted by Crippen LogP contribution is 2.31. The van der Waals surface area contributed by atoms with Crippen molar-refractivity contribution < 1.29 is 29.4 Å². The van der Waals surface area contributed by atoms with E-state index in [1.807, 2.05) is 32.9 Å². The number of aryl methyl sites for hydroxylation is 1. The molecule has 2 aliphatic heterocycles. The number of nitrogens with zero attached hydrogens (tertiary/aromatic N) is 3. The van der Waals surface area contributed by atoms with Crippen molar-refractivity contribution in [3.05, 3.63) is 131 Å². The first-order valence-corrected chi connectivity index (χ1v) is 17.7. The minimum absolute atomic E-state index is 0.0688. The third kappa shape index (κ3) is 7.80. The molecule has 292 valence electrons. The van der Waals surface area contributed by atoms with E-state index in [1.165, 1.54) is 24.0 Å². The van der Waals surface area contributed by atoms with Crippen LogP contribution in [0.2, 0.25) is 0 Å². The van der Waals surface area contributed by atoms with Gasteiger partial charge in [-0.05, 0) is 80.5 Å². The van der Waals surface area contributed by atoms with Crippen molar-refractivity contribution in [1.82, 2.24) is 39.7 Å². The number of rotatable bonds is 12. The molecule has 4 aromatic heterocycles. The van der Waals surface area contributed by atoms with Gasteiger partial charge in [0, 0.05) is 78.5 Å². The van der Waals surface area contributed by atoms with Gasteiger partial charge in [-0.3, -0.25) is 33.1 Å². The summed E-state index contributed by atoms with van der Waals surface area (Å²) in [5.74, 6) is -2.28. The Morgan fingerprint density at radius 2 is 1.27 bits per heavy atom. The summed E-state index contributed by atoms with van der Waals surface area (Å²) in [6, 6.07) is 0. The summed E-state index contributed by atoms with van der Waals surface area (Å²) < 4.78 is 2.37. The predicted molar refractivity (Wildman–Crippen MR) is 210 cm³/mol. The number of carboxylic acids is 2. The normalized spacial score (nSPS) is 15.5. The number of aromatic nitrogens is 6. The molecule has 6 heterocycles. The molecule has 0 spiro atoms. The lowest BCUT2D eigenvalue weighted by atomic mass is 9.98. The predicted octanol–water partition coefficient (Wildman–Crippen LogP) is 3.49. The van der Waals surface area contributed by atoms with Gasteiger partial charge in [0.05, 0.1) is 12.0 Å². The summed E-state index contributed by atoms with van der Waals surface area (Å²) in [6.45, 7) is 14.9. The second kappa shape index (κ2) is 16.2. The van der Waals surface area contributed by atoms with Crippen molar-refractivity contribution in [3.63, 3.8) is 0 Å². The summed E-state index contributed by atoms with van der Waals surface area (Å²) >= 11 is 0. The van der Waals surface area contributed by atoms with E-state index in [-0.39, 0.29) is 48.7 Å². The Kier molecular flexibility index (Phi) is 11.6. The molecule has 0 radical (unpaired) electrons. The molecule has 0 atom stereocenters. The van der Waals surface area contributed by atoms with Gasteiger partial charge in [0.2, 0.25) is 0 Å². The molecule has 16 nitrogen and oxygen atoms in total. The van der Waals surface area contributed by atoms with Crippen molar-refractivity contribution in [1.29, 1.82) is 0 Å². The number of aliphatic carboxylic acids is 2. The molecular formula is C40H44N8O8. The molecule has 6 rings (SSSR count). The molecule has 0 aliphatic carbocycles. The number of hydrogen-bond donors (Lipinski definition) is 7. The van der Waals surface area contributed by atoms with Crippen LogP contribution >= 0.6 is 0 Å². The maximum Gasteiger partial charge on any atom is 0.332 e. The number of amides is 2. The second-order valence-electron chi connectivity index (χ2n) is 13.5. The highest BCUT2D eigenvalue weighted by atomic mass is 16.4. The van der Waals surface area contributed by atoms with Crippen molar-refractivity contribution >= 4 is 47.1 Å². The van der Waals surface area contributed by atoms with E-state index in [1.54, 1.807) is 20.0 Å². The van der Waals surface area contributed by atoms with Crippen LogP contribution in [0, 0.1) is 13.8 Å². The SMILES string of the molecule is C=CC1=C(C)/C(=C/c2[nH]c(Cc3[nH]c(/C=C4\NC(=O)C(C)=C4C=C)c(C)c3CCC(=O)O)c(CCC(=O)O)c2C)NC1=O.Cn1c(=O)c2[nH]cnc2n(C)c1=O. The first-order valence-electron chi connectivity index (χ1n) is 17.7. The monoisotopic (exact) mass is 764 g/mol. The van der Waals surface area contributed by atoms with Gasteiger partial charge < -0.3 is 35.8 Å².